The minimum Gasteiger partial charge on any atom is -0.295 e. The fourth-order valence-electron chi connectivity index (χ4n) is 7.51. The van der Waals surface area contributed by atoms with Gasteiger partial charge in [0.15, 0.2) is 11.6 Å². The van der Waals surface area contributed by atoms with Gasteiger partial charge in [0, 0.05) is 11.8 Å². The Hall–Kier alpha value is -1.18. The molecule has 0 aliphatic heterocycles. The monoisotopic (exact) mass is 382 g/mol. The average Bonchev–Trinajstić information content (AvgIpc) is 3.01. The van der Waals surface area contributed by atoms with Gasteiger partial charge in [-0.15, -0.1) is 0 Å². The normalized spacial score (nSPS) is 40.8. The fourth-order valence-corrected chi connectivity index (χ4v) is 7.51. The average molecular weight is 383 g/mol. The number of fused-ring (bicyclic) bond motifs is 5. The van der Waals surface area contributed by atoms with Crippen molar-refractivity contribution >= 4 is 11.6 Å². The summed E-state index contributed by atoms with van der Waals surface area (Å²) in [6.45, 7) is 9.69. The predicted molar refractivity (Wildman–Crippen MR) is 114 cm³/mol. The number of ketones is 2. The SMILES string of the molecule is CC(C)CCC[C@@H](C)[C@H]1CCC2C3=CCC4C(=O)C=CC(=O)C4C3CC[C@@]21C. The Labute approximate surface area is 171 Å². The number of hydrogen-bond donors (Lipinski definition) is 0. The van der Waals surface area contributed by atoms with Crippen LogP contribution in [0.25, 0.3) is 0 Å². The molecule has 0 amide bonds. The van der Waals surface area contributed by atoms with E-state index in [0.29, 0.717) is 17.3 Å². The Kier molecular flexibility index (Phi) is 5.44. The highest BCUT2D eigenvalue weighted by Crippen LogP contribution is 2.63. The molecule has 4 aliphatic rings. The number of allylic oxidation sites excluding steroid dienone is 4. The molecule has 0 radical (unpaired) electrons. The van der Waals surface area contributed by atoms with Crippen LogP contribution in [0.1, 0.15) is 79.1 Å². The summed E-state index contributed by atoms with van der Waals surface area (Å²) in [5.41, 5.74) is 1.95. The maximum absolute atomic E-state index is 12.7. The molecule has 28 heavy (non-hydrogen) atoms. The van der Waals surface area contributed by atoms with E-state index in [0.717, 1.165) is 30.6 Å². The lowest BCUT2D eigenvalue weighted by Gasteiger charge is -2.51. The van der Waals surface area contributed by atoms with Gasteiger partial charge in [0.1, 0.15) is 0 Å². The molecular formula is C26H38O2. The third-order valence-corrected chi connectivity index (χ3v) is 8.94. The second-order valence-corrected chi connectivity index (χ2v) is 10.9. The zero-order valence-electron chi connectivity index (χ0n) is 18.2. The van der Waals surface area contributed by atoms with Crippen LogP contribution in [0.3, 0.4) is 0 Å². The third kappa shape index (κ3) is 3.25. The number of rotatable bonds is 5. The van der Waals surface area contributed by atoms with Crippen molar-refractivity contribution in [3.63, 3.8) is 0 Å². The summed E-state index contributed by atoms with van der Waals surface area (Å²) in [4.78, 5) is 25.0. The summed E-state index contributed by atoms with van der Waals surface area (Å²) in [5, 5.41) is 0. The van der Waals surface area contributed by atoms with Crippen molar-refractivity contribution in [2.75, 3.05) is 0 Å². The van der Waals surface area contributed by atoms with Crippen molar-refractivity contribution < 1.29 is 9.59 Å². The number of hydrogen-bond acceptors (Lipinski definition) is 2. The van der Waals surface area contributed by atoms with Crippen molar-refractivity contribution in [3.8, 4) is 0 Å². The first-order valence-electron chi connectivity index (χ1n) is 11.8. The summed E-state index contributed by atoms with van der Waals surface area (Å²) >= 11 is 0. The second-order valence-electron chi connectivity index (χ2n) is 10.9. The van der Waals surface area contributed by atoms with Gasteiger partial charge < -0.3 is 0 Å². The van der Waals surface area contributed by atoms with Crippen molar-refractivity contribution in [2.24, 2.45) is 46.8 Å². The van der Waals surface area contributed by atoms with E-state index >= 15 is 0 Å². The summed E-state index contributed by atoms with van der Waals surface area (Å²) in [7, 11) is 0. The van der Waals surface area contributed by atoms with Crippen LogP contribution < -0.4 is 0 Å². The van der Waals surface area contributed by atoms with Gasteiger partial charge in [0.25, 0.3) is 0 Å². The Bertz CT molecular complexity index is 699. The summed E-state index contributed by atoms with van der Waals surface area (Å²) in [6.07, 6.45) is 15.3. The molecule has 2 saturated carbocycles. The van der Waals surface area contributed by atoms with Gasteiger partial charge >= 0.3 is 0 Å². The Balaban J connectivity index is 1.52. The van der Waals surface area contributed by atoms with E-state index in [1.54, 1.807) is 11.6 Å². The molecular weight excluding hydrogens is 344 g/mol. The van der Waals surface area contributed by atoms with E-state index in [2.05, 4.69) is 33.8 Å². The molecule has 0 bridgehead atoms. The molecule has 0 aromatic carbocycles. The molecule has 0 aromatic rings. The lowest BCUT2D eigenvalue weighted by atomic mass is 9.53. The largest absolute Gasteiger partial charge is 0.295 e. The molecule has 2 fully saturated rings. The van der Waals surface area contributed by atoms with Gasteiger partial charge in [-0.1, -0.05) is 58.6 Å². The molecule has 2 nitrogen and oxygen atoms in total. The van der Waals surface area contributed by atoms with E-state index in [-0.39, 0.29) is 23.4 Å². The molecule has 0 aromatic heterocycles. The van der Waals surface area contributed by atoms with Crippen molar-refractivity contribution in [2.45, 2.75) is 79.1 Å². The van der Waals surface area contributed by atoms with Crippen LogP contribution in [-0.4, -0.2) is 11.6 Å². The van der Waals surface area contributed by atoms with Crippen LogP contribution in [0.15, 0.2) is 23.8 Å². The number of carbonyl (C=O) groups is 2. The van der Waals surface area contributed by atoms with Gasteiger partial charge in [0.05, 0.1) is 0 Å². The summed E-state index contributed by atoms with van der Waals surface area (Å²) in [5.74, 6) is 3.62. The zero-order valence-corrected chi connectivity index (χ0v) is 18.2. The minimum absolute atomic E-state index is 0.0652. The van der Waals surface area contributed by atoms with Gasteiger partial charge in [-0.05, 0) is 79.3 Å². The van der Waals surface area contributed by atoms with Gasteiger partial charge in [0.2, 0.25) is 0 Å². The Morgan fingerprint density at radius 1 is 1.00 bits per heavy atom. The first-order valence-corrected chi connectivity index (χ1v) is 11.8. The molecule has 0 saturated heterocycles. The summed E-state index contributed by atoms with van der Waals surface area (Å²) in [6, 6.07) is 0. The van der Waals surface area contributed by atoms with Crippen LogP contribution in [0.4, 0.5) is 0 Å². The summed E-state index contributed by atoms with van der Waals surface area (Å²) < 4.78 is 0. The fraction of sp³-hybridized carbons (Fsp3) is 0.769. The van der Waals surface area contributed by atoms with Gasteiger partial charge in [-0.25, -0.2) is 0 Å². The van der Waals surface area contributed by atoms with E-state index < -0.39 is 0 Å². The van der Waals surface area contributed by atoms with Crippen LogP contribution >= 0.6 is 0 Å². The van der Waals surface area contributed by atoms with Gasteiger partial charge in [-0.2, -0.15) is 0 Å². The molecule has 0 spiro atoms. The Morgan fingerprint density at radius 2 is 1.75 bits per heavy atom. The van der Waals surface area contributed by atoms with Crippen molar-refractivity contribution in [1.82, 2.24) is 0 Å². The predicted octanol–water partition coefficient (Wildman–Crippen LogP) is 6.16. The quantitative estimate of drug-likeness (QED) is 0.533. The molecule has 4 unspecified atom stereocenters. The molecule has 2 heteroatoms. The smallest absolute Gasteiger partial charge is 0.160 e. The first kappa shape index (κ1) is 20.1. The lowest BCUT2D eigenvalue weighted by molar-refractivity contribution is -0.131. The van der Waals surface area contributed by atoms with Crippen LogP contribution in [0, 0.1) is 46.8 Å². The first-order chi connectivity index (χ1) is 13.3. The van der Waals surface area contributed by atoms with Crippen LogP contribution in [0.5, 0.6) is 0 Å². The van der Waals surface area contributed by atoms with Crippen LogP contribution in [0.2, 0.25) is 0 Å². The second kappa shape index (κ2) is 7.58. The van der Waals surface area contributed by atoms with E-state index in [4.69, 9.17) is 0 Å². The van der Waals surface area contributed by atoms with Crippen LogP contribution in [-0.2, 0) is 9.59 Å². The molecule has 154 valence electrons. The standard InChI is InChI=1S/C26H38O2/c1-16(2)6-5-7-17(3)21-10-11-22-18-8-9-20-23(27)12-13-24(28)25(20)19(18)14-15-26(21,22)4/h8,12-13,16-17,19-22,25H,5-7,9-11,14-15H2,1-4H3/t17-,19?,20?,21-,22?,25?,26-/m1/s1. The highest BCUT2D eigenvalue weighted by atomic mass is 16.1. The van der Waals surface area contributed by atoms with Crippen molar-refractivity contribution in [1.29, 1.82) is 0 Å². The molecule has 0 heterocycles. The minimum atomic E-state index is -0.0808. The van der Waals surface area contributed by atoms with E-state index in [1.807, 2.05) is 0 Å². The zero-order chi connectivity index (χ0) is 20.1. The topological polar surface area (TPSA) is 34.1 Å². The molecule has 4 rings (SSSR count). The maximum atomic E-state index is 12.7. The Morgan fingerprint density at radius 3 is 2.50 bits per heavy atom. The van der Waals surface area contributed by atoms with E-state index in [1.165, 1.54) is 44.6 Å². The molecule has 0 N–H and O–H groups in total. The highest BCUT2D eigenvalue weighted by Gasteiger charge is 2.56. The molecule has 4 aliphatic carbocycles. The highest BCUT2D eigenvalue weighted by molar-refractivity contribution is 6.07. The lowest BCUT2D eigenvalue weighted by Crippen LogP contribution is -2.47. The van der Waals surface area contributed by atoms with Crippen molar-refractivity contribution in [3.05, 3.63) is 23.8 Å². The number of carbonyl (C=O) groups excluding carboxylic acids is 2. The molecule has 7 atom stereocenters. The van der Waals surface area contributed by atoms with E-state index in [9.17, 15) is 9.59 Å². The maximum Gasteiger partial charge on any atom is 0.160 e. The van der Waals surface area contributed by atoms with Gasteiger partial charge in [-0.3, -0.25) is 9.59 Å². The third-order valence-electron chi connectivity index (χ3n) is 8.94.